The Bertz CT molecular complexity index is 1730. The van der Waals surface area contributed by atoms with Crippen molar-refractivity contribution in [1.29, 1.82) is 0 Å². The minimum Gasteiger partial charge on any atom is -1.00 e. The quantitative estimate of drug-likeness (QED) is 0.124. The number of benzene rings is 4. The molecule has 0 saturated heterocycles. The summed E-state index contributed by atoms with van der Waals surface area (Å²) in [6.45, 7) is 18.2. The molecular formula is C45H48Cl6Zr-2. The van der Waals surface area contributed by atoms with Gasteiger partial charge in [-0.25, -0.2) is 12.2 Å². The summed E-state index contributed by atoms with van der Waals surface area (Å²) >= 11 is 25.3. The van der Waals surface area contributed by atoms with Crippen LogP contribution < -0.4 is 24.8 Å². The Kier molecular flexibility index (Phi) is 18.7. The zero-order valence-electron chi connectivity index (χ0n) is 31.4. The molecule has 4 aromatic rings. The van der Waals surface area contributed by atoms with Crippen molar-refractivity contribution in [3.05, 3.63) is 152 Å². The van der Waals surface area contributed by atoms with Gasteiger partial charge in [0.2, 0.25) is 0 Å². The van der Waals surface area contributed by atoms with E-state index in [4.69, 9.17) is 46.4 Å². The summed E-state index contributed by atoms with van der Waals surface area (Å²) in [5.41, 5.74) is 18.3. The van der Waals surface area contributed by atoms with Gasteiger partial charge in [-0.15, -0.1) is 23.1 Å². The Labute approximate surface area is 360 Å². The molecule has 0 N–H and O–H groups in total. The Balaban J connectivity index is 0.000000307. The van der Waals surface area contributed by atoms with E-state index in [1.165, 1.54) is 83.1 Å². The maximum atomic E-state index is 5.99. The average Bonchev–Trinajstić information content (AvgIpc) is 3.77. The van der Waals surface area contributed by atoms with Crippen molar-refractivity contribution in [2.75, 3.05) is 0 Å². The zero-order valence-corrected chi connectivity index (χ0v) is 38.4. The molecule has 0 unspecified atom stereocenters. The van der Waals surface area contributed by atoms with E-state index in [9.17, 15) is 0 Å². The summed E-state index contributed by atoms with van der Waals surface area (Å²) in [4.78, 5) is 0. The van der Waals surface area contributed by atoms with E-state index in [2.05, 4.69) is 116 Å². The zero-order chi connectivity index (χ0) is 36.8. The molecule has 2 aliphatic rings. The van der Waals surface area contributed by atoms with Crippen LogP contribution >= 0.6 is 46.4 Å². The van der Waals surface area contributed by atoms with Gasteiger partial charge in [0.1, 0.15) is 0 Å². The number of allylic oxidation sites excluding steroid dienone is 4. The standard InChI is InChI=1S/C23H29.C17H14Cl4.C5H5.2ClH.Zr/c1-14-9-16-11-17-10-15(2)21(23(6,7)8)13-19(17)18(16)12-20(14)22(3,4)5;18-8-14-2-12(3-15(6-14)9-19)1-13-4-16(10-20)7-17(5-13)11-21;1-2-4-5-3-1;;;/h9,12-13H,11H2,1-8H3;2-7H,8-11H2;1-3H,4H2;2*1H;/q-1;;-1;;;+2/p-2. The number of hydrogen-bond donors (Lipinski definition) is 0. The van der Waals surface area contributed by atoms with Crippen LogP contribution in [0.1, 0.15) is 115 Å². The van der Waals surface area contributed by atoms with Crippen LogP contribution in [0.4, 0.5) is 0 Å². The SMILES string of the molecule is Cc1[c-]c2c(cc1C(C)(C)C)-c1cc(C(C)(C)C)c(C)cc1C2.ClCc1cc(CCl)cc([C](=[Zr+2])c2cc(CCl)cc(CCl)c2)c1.[C-]1=CC=CC1.[Cl-].[Cl-]. The van der Waals surface area contributed by atoms with E-state index in [0.717, 1.165) is 35.1 Å². The second-order valence-corrected chi connectivity index (χ2v) is 17.5. The molecule has 0 saturated carbocycles. The van der Waals surface area contributed by atoms with E-state index in [-0.39, 0.29) is 35.6 Å². The van der Waals surface area contributed by atoms with Crippen LogP contribution in [0.25, 0.3) is 11.1 Å². The Morgan fingerprint density at radius 2 is 1.12 bits per heavy atom. The third-order valence-corrected chi connectivity index (χ3v) is 11.6. The van der Waals surface area contributed by atoms with Crippen LogP contribution in [0.3, 0.4) is 0 Å². The van der Waals surface area contributed by atoms with Crippen molar-refractivity contribution in [3.63, 3.8) is 0 Å². The first kappa shape index (κ1) is 47.0. The van der Waals surface area contributed by atoms with Gasteiger partial charge in [0, 0.05) is 0 Å². The minimum atomic E-state index is 0. The van der Waals surface area contributed by atoms with Gasteiger partial charge in [-0.05, 0) is 35.4 Å². The fraction of sp³-hybridized carbons (Fsp3) is 0.356. The van der Waals surface area contributed by atoms with Crippen LogP contribution in [-0.4, -0.2) is 3.21 Å². The van der Waals surface area contributed by atoms with Crippen molar-refractivity contribution in [2.45, 2.75) is 103 Å². The van der Waals surface area contributed by atoms with E-state index in [1.807, 2.05) is 24.3 Å². The summed E-state index contributed by atoms with van der Waals surface area (Å²) in [5.74, 6) is 1.93. The van der Waals surface area contributed by atoms with Gasteiger partial charge in [0.25, 0.3) is 0 Å². The van der Waals surface area contributed by atoms with Crippen LogP contribution in [0, 0.1) is 26.0 Å². The Hall–Kier alpha value is -1.15. The third-order valence-electron chi connectivity index (χ3n) is 8.97. The second-order valence-electron chi connectivity index (χ2n) is 15.2. The number of hydrogen-bond acceptors (Lipinski definition) is 0. The van der Waals surface area contributed by atoms with Crippen molar-refractivity contribution in [3.8, 4) is 11.1 Å². The number of aryl methyl sites for hydroxylation is 2. The van der Waals surface area contributed by atoms with Crippen LogP contribution in [0.2, 0.25) is 0 Å². The van der Waals surface area contributed by atoms with Crippen LogP contribution in [0.15, 0.2) is 72.8 Å². The largest absolute Gasteiger partial charge is 1.00 e. The topological polar surface area (TPSA) is 0 Å². The fourth-order valence-electron chi connectivity index (χ4n) is 6.65. The maximum Gasteiger partial charge on any atom is -0.109 e. The van der Waals surface area contributed by atoms with E-state index < -0.39 is 0 Å². The monoisotopic (exact) mass is 888 g/mol. The molecule has 0 bridgehead atoms. The summed E-state index contributed by atoms with van der Waals surface area (Å²) in [7, 11) is 0. The normalized spacial score (nSPS) is 12.4. The summed E-state index contributed by atoms with van der Waals surface area (Å²) in [6, 6.07) is 23.5. The van der Waals surface area contributed by atoms with Gasteiger partial charge in [-0.1, -0.05) is 71.6 Å². The summed E-state index contributed by atoms with van der Waals surface area (Å²) < 4.78 is 1.25. The predicted octanol–water partition coefficient (Wildman–Crippen LogP) is 7.34. The van der Waals surface area contributed by atoms with Crippen molar-refractivity contribution >= 4 is 49.6 Å². The predicted molar refractivity (Wildman–Crippen MR) is 216 cm³/mol. The first-order valence-corrected chi connectivity index (χ1v) is 20.5. The molecule has 0 heterocycles. The maximum absolute atomic E-state index is 5.99. The molecule has 0 spiro atoms. The van der Waals surface area contributed by atoms with Crippen molar-refractivity contribution in [2.24, 2.45) is 0 Å². The van der Waals surface area contributed by atoms with Gasteiger partial charge >= 0.3 is 167 Å². The molecule has 52 heavy (non-hydrogen) atoms. The van der Waals surface area contributed by atoms with Crippen LogP contribution in [0.5, 0.6) is 0 Å². The van der Waals surface area contributed by atoms with Gasteiger partial charge in [0.15, 0.2) is 0 Å². The molecule has 4 aromatic carbocycles. The number of alkyl halides is 4. The minimum absolute atomic E-state index is 0. The molecule has 6 rings (SSSR count). The number of fused-ring (bicyclic) bond motifs is 3. The summed E-state index contributed by atoms with van der Waals surface area (Å²) in [5, 5.41) is 0. The molecular weight excluding hydrogens is 844 g/mol. The van der Waals surface area contributed by atoms with E-state index in [0.29, 0.717) is 23.5 Å². The van der Waals surface area contributed by atoms with Gasteiger partial charge in [-0.2, -0.15) is 23.8 Å². The number of halogens is 6. The third kappa shape index (κ3) is 12.2. The molecule has 0 amide bonds. The van der Waals surface area contributed by atoms with Crippen molar-refractivity contribution < 1.29 is 49.0 Å². The molecule has 0 nitrogen and oxygen atoms in total. The van der Waals surface area contributed by atoms with Gasteiger partial charge in [-0.3, -0.25) is 6.08 Å². The second kappa shape index (κ2) is 20.7. The molecule has 7 heteroatoms. The molecule has 2 aliphatic carbocycles. The molecule has 0 atom stereocenters. The molecule has 0 aliphatic heterocycles. The fourth-order valence-corrected chi connectivity index (χ4v) is 7.98. The molecule has 0 aromatic heterocycles. The van der Waals surface area contributed by atoms with E-state index in [1.54, 1.807) is 0 Å². The summed E-state index contributed by atoms with van der Waals surface area (Å²) in [6.07, 6.45) is 11.0. The van der Waals surface area contributed by atoms with E-state index >= 15 is 0 Å². The van der Waals surface area contributed by atoms with Crippen LogP contribution in [-0.2, 0) is 65.0 Å². The smallest absolute Gasteiger partial charge is 0.109 e. The first-order chi connectivity index (χ1) is 23.6. The molecule has 276 valence electrons. The van der Waals surface area contributed by atoms with Crippen molar-refractivity contribution in [1.82, 2.24) is 0 Å². The Morgan fingerprint density at radius 3 is 1.48 bits per heavy atom. The molecule has 0 fully saturated rings. The number of rotatable bonds is 6. The Morgan fingerprint density at radius 1 is 0.654 bits per heavy atom. The average molecular weight is 893 g/mol. The molecule has 0 radical (unpaired) electrons. The first-order valence-electron chi connectivity index (χ1n) is 17.1. The van der Waals surface area contributed by atoms with Gasteiger partial charge < -0.3 is 24.8 Å². The van der Waals surface area contributed by atoms with Gasteiger partial charge in [0.05, 0.1) is 0 Å².